The van der Waals surface area contributed by atoms with Gasteiger partial charge >= 0.3 is 0 Å². The molecule has 4 aromatic rings. The van der Waals surface area contributed by atoms with Crippen LogP contribution in [0.5, 0.6) is 0 Å². The summed E-state index contributed by atoms with van der Waals surface area (Å²) >= 11 is 0. The van der Waals surface area contributed by atoms with Gasteiger partial charge in [-0.1, -0.05) is 6.07 Å². The quantitative estimate of drug-likeness (QED) is 0.578. The van der Waals surface area contributed by atoms with Gasteiger partial charge in [0.1, 0.15) is 6.29 Å². The van der Waals surface area contributed by atoms with E-state index in [0.29, 0.717) is 0 Å². The molecule has 2 aromatic carbocycles. The van der Waals surface area contributed by atoms with Crippen LogP contribution in [0.1, 0.15) is 15.9 Å². The van der Waals surface area contributed by atoms with Gasteiger partial charge in [-0.15, -0.1) is 0 Å². The molecule has 0 amide bonds. The van der Waals surface area contributed by atoms with Crippen LogP contribution < -0.4 is 5.32 Å². The number of nitrogens with zero attached hydrogens (tertiary/aromatic N) is 2. The van der Waals surface area contributed by atoms with E-state index in [4.69, 9.17) is 0 Å². The number of aromatic nitrogens is 2. The lowest BCUT2D eigenvalue weighted by Crippen LogP contribution is -2.04. The van der Waals surface area contributed by atoms with Gasteiger partial charge in [-0.05, 0) is 60.5 Å². The minimum Gasteiger partial charge on any atom is -0.351 e. The highest BCUT2D eigenvalue weighted by atomic mass is 16.1. The van der Waals surface area contributed by atoms with E-state index in [1.807, 2.05) is 49.1 Å². The van der Waals surface area contributed by atoms with Crippen molar-refractivity contribution in [1.82, 2.24) is 14.5 Å². The van der Waals surface area contributed by atoms with E-state index in [1.165, 1.54) is 16.5 Å². The summed E-state index contributed by atoms with van der Waals surface area (Å²) in [6.07, 6.45) is 4.94. The highest BCUT2D eigenvalue weighted by Crippen LogP contribution is 2.16. The van der Waals surface area contributed by atoms with Gasteiger partial charge < -0.3 is 14.5 Å². The van der Waals surface area contributed by atoms with Crippen molar-refractivity contribution in [3.05, 3.63) is 72.1 Å². The fourth-order valence-corrected chi connectivity index (χ4v) is 3.02. The first kappa shape index (κ1) is 17.0. The summed E-state index contributed by atoms with van der Waals surface area (Å²) in [6.45, 7) is 0.935. The SMILES string of the molecule is CNCc1ccc2c(ccn2C)c1.Cn1ccc2cc(C=O)ccc21. The zero-order chi connectivity index (χ0) is 17.8. The first-order chi connectivity index (χ1) is 12.1. The molecule has 0 fully saturated rings. The fraction of sp³-hybridized carbons (Fsp3) is 0.190. The number of hydrogen-bond donors (Lipinski definition) is 1. The molecule has 0 spiro atoms. The molecule has 4 heteroatoms. The van der Waals surface area contributed by atoms with Crippen LogP contribution in [0.15, 0.2) is 60.9 Å². The molecule has 0 unspecified atom stereocenters. The number of nitrogens with one attached hydrogen (secondary N) is 1. The van der Waals surface area contributed by atoms with Crippen molar-refractivity contribution in [2.24, 2.45) is 14.1 Å². The van der Waals surface area contributed by atoms with Crippen molar-refractivity contribution >= 4 is 28.1 Å². The maximum Gasteiger partial charge on any atom is 0.150 e. The van der Waals surface area contributed by atoms with Crippen molar-refractivity contribution in [2.45, 2.75) is 6.54 Å². The largest absolute Gasteiger partial charge is 0.351 e. The third-order valence-electron chi connectivity index (χ3n) is 4.38. The lowest BCUT2D eigenvalue weighted by molar-refractivity contribution is 0.112. The predicted octanol–water partition coefficient (Wildman–Crippen LogP) is 3.89. The first-order valence-electron chi connectivity index (χ1n) is 8.31. The van der Waals surface area contributed by atoms with Crippen LogP contribution in [0.3, 0.4) is 0 Å². The number of aryl methyl sites for hydroxylation is 2. The molecule has 0 radical (unpaired) electrons. The molecule has 4 nitrogen and oxygen atoms in total. The van der Waals surface area contributed by atoms with Crippen LogP contribution in [0.4, 0.5) is 0 Å². The monoisotopic (exact) mass is 333 g/mol. The van der Waals surface area contributed by atoms with E-state index >= 15 is 0 Å². The molecule has 0 aliphatic carbocycles. The van der Waals surface area contributed by atoms with Crippen LogP contribution in [0, 0.1) is 0 Å². The molecule has 2 aromatic heterocycles. The average Bonchev–Trinajstić information content (AvgIpc) is 3.18. The molecule has 1 N–H and O–H groups in total. The second-order valence-electron chi connectivity index (χ2n) is 6.21. The second-order valence-corrected chi connectivity index (χ2v) is 6.21. The van der Waals surface area contributed by atoms with Gasteiger partial charge in [-0.2, -0.15) is 0 Å². The summed E-state index contributed by atoms with van der Waals surface area (Å²) < 4.78 is 4.17. The third kappa shape index (κ3) is 3.64. The zero-order valence-electron chi connectivity index (χ0n) is 14.9. The van der Waals surface area contributed by atoms with Crippen molar-refractivity contribution in [2.75, 3.05) is 7.05 Å². The highest BCUT2D eigenvalue weighted by Gasteiger charge is 1.98. The molecule has 0 saturated heterocycles. The van der Waals surface area contributed by atoms with E-state index in [9.17, 15) is 4.79 Å². The maximum atomic E-state index is 10.5. The van der Waals surface area contributed by atoms with E-state index in [2.05, 4.69) is 47.4 Å². The number of aldehydes is 1. The Morgan fingerprint density at radius 3 is 2.08 bits per heavy atom. The third-order valence-corrected chi connectivity index (χ3v) is 4.38. The molecule has 4 rings (SSSR count). The molecular weight excluding hydrogens is 310 g/mol. The Labute approximate surface area is 147 Å². The molecule has 0 atom stereocenters. The fourth-order valence-electron chi connectivity index (χ4n) is 3.02. The first-order valence-corrected chi connectivity index (χ1v) is 8.31. The Morgan fingerprint density at radius 1 is 0.880 bits per heavy atom. The van der Waals surface area contributed by atoms with Gasteiger partial charge in [0, 0.05) is 55.0 Å². The molecule has 0 bridgehead atoms. The Balaban J connectivity index is 0.000000146. The average molecular weight is 333 g/mol. The minimum absolute atomic E-state index is 0.730. The highest BCUT2D eigenvalue weighted by molar-refractivity contribution is 5.87. The van der Waals surface area contributed by atoms with Crippen LogP contribution in [0.2, 0.25) is 0 Å². The Bertz CT molecular complexity index is 1010. The molecule has 0 aliphatic heterocycles. The summed E-state index contributed by atoms with van der Waals surface area (Å²) in [5.74, 6) is 0. The van der Waals surface area contributed by atoms with Crippen LogP contribution in [0.25, 0.3) is 21.8 Å². The van der Waals surface area contributed by atoms with E-state index in [1.54, 1.807) is 0 Å². The van der Waals surface area contributed by atoms with Gasteiger partial charge in [-0.25, -0.2) is 0 Å². The van der Waals surface area contributed by atoms with Crippen LogP contribution in [-0.2, 0) is 20.6 Å². The van der Waals surface area contributed by atoms with Gasteiger partial charge in [0.2, 0.25) is 0 Å². The molecule has 2 heterocycles. The lowest BCUT2D eigenvalue weighted by Gasteiger charge is -2.01. The van der Waals surface area contributed by atoms with Crippen molar-refractivity contribution in [3.8, 4) is 0 Å². The molecular formula is C21H23N3O. The van der Waals surface area contributed by atoms with Gasteiger partial charge in [0.15, 0.2) is 0 Å². The standard InChI is InChI=1S/C11H14N2.C10H9NO/c1-12-8-9-3-4-11-10(7-9)5-6-13(11)2;1-11-5-4-9-6-8(7-12)2-3-10(9)11/h3-7,12H,8H2,1-2H3;2-7H,1H3. The number of fused-ring (bicyclic) bond motifs is 2. The summed E-state index contributed by atoms with van der Waals surface area (Å²) in [4.78, 5) is 10.5. The summed E-state index contributed by atoms with van der Waals surface area (Å²) in [6, 6.07) is 16.4. The van der Waals surface area contributed by atoms with Gasteiger partial charge in [0.25, 0.3) is 0 Å². The second kappa shape index (κ2) is 7.36. The summed E-state index contributed by atoms with van der Waals surface area (Å²) in [5.41, 5.74) is 4.51. The smallest absolute Gasteiger partial charge is 0.150 e. The Hall–Kier alpha value is -2.85. The van der Waals surface area contributed by atoms with Gasteiger partial charge in [0.05, 0.1) is 0 Å². The molecule has 128 valence electrons. The minimum atomic E-state index is 0.730. The lowest BCUT2D eigenvalue weighted by atomic mass is 10.1. The van der Waals surface area contributed by atoms with Crippen LogP contribution in [-0.4, -0.2) is 22.5 Å². The van der Waals surface area contributed by atoms with Gasteiger partial charge in [-0.3, -0.25) is 4.79 Å². The summed E-state index contributed by atoms with van der Waals surface area (Å²) in [7, 11) is 6.03. The van der Waals surface area contributed by atoms with E-state index in [-0.39, 0.29) is 0 Å². The van der Waals surface area contributed by atoms with Crippen molar-refractivity contribution in [3.63, 3.8) is 0 Å². The maximum absolute atomic E-state index is 10.5. The van der Waals surface area contributed by atoms with Crippen LogP contribution >= 0.6 is 0 Å². The molecule has 0 aliphatic rings. The van der Waals surface area contributed by atoms with Crippen molar-refractivity contribution in [1.29, 1.82) is 0 Å². The normalized spacial score (nSPS) is 10.7. The number of benzene rings is 2. The van der Waals surface area contributed by atoms with E-state index in [0.717, 1.165) is 29.3 Å². The molecule has 25 heavy (non-hydrogen) atoms. The predicted molar refractivity (Wildman–Crippen MR) is 104 cm³/mol. The van der Waals surface area contributed by atoms with Crippen molar-refractivity contribution < 1.29 is 4.79 Å². The van der Waals surface area contributed by atoms with E-state index < -0.39 is 0 Å². The number of carbonyl (C=O) groups excluding carboxylic acids is 1. The Morgan fingerprint density at radius 2 is 1.48 bits per heavy atom. The zero-order valence-corrected chi connectivity index (χ0v) is 14.9. The number of hydrogen-bond acceptors (Lipinski definition) is 2. The molecule has 0 saturated carbocycles. The number of carbonyl (C=O) groups is 1. The Kier molecular flexibility index (Phi) is 5.00. The summed E-state index contributed by atoms with van der Waals surface area (Å²) in [5, 5.41) is 5.58. The topological polar surface area (TPSA) is 39.0 Å². The number of rotatable bonds is 3.